The van der Waals surface area contributed by atoms with Crippen molar-refractivity contribution in [2.75, 3.05) is 10.6 Å². The summed E-state index contributed by atoms with van der Waals surface area (Å²) in [6, 6.07) is 26.8. The van der Waals surface area contributed by atoms with Gasteiger partial charge in [-0.15, -0.1) is 0 Å². The van der Waals surface area contributed by atoms with Gasteiger partial charge in [0.15, 0.2) is 0 Å². The van der Waals surface area contributed by atoms with E-state index in [0.717, 1.165) is 22.4 Å². The molecule has 4 aromatic rings. The van der Waals surface area contributed by atoms with Gasteiger partial charge < -0.3 is 10.6 Å². The van der Waals surface area contributed by atoms with Crippen LogP contribution in [0.25, 0.3) is 0 Å². The normalized spacial score (nSPS) is 10.8. The summed E-state index contributed by atoms with van der Waals surface area (Å²) in [6.45, 7) is 6.03. The molecule has 0 radical (unpaired) electrons. The average molecular weight is 396 g/mol. The van der Waals surface area contributed by atoms with Gasteiger partial charge in [0.05, 0.1) is 6.04 Å². The fourth-order valence-corrected chi connectivity index (χ4v) is 3.46. The largest absolute Gasteiger partial charge is 0.343 e. The number of nitrogens with zero attached hydrogens (tertiary/aromatic N) is 3. The van der Waals surface area contributed by atoms with Crippen LogP contribution >= 0.6 is 0 Å². The molecule has 0 saturated carbocycles. The van der Waals surface area contributed by atoms with E-state index in [0.29, 0.717) is 17.7 Å². The Morgan fingerprint density at radius 1 is 0.667 bits per heavy atom. The van der Waals surface area contributed by atoms with E-state index in [2.05, 4.69) is 75.8 Å². The Labute approximate surface area is 177 Å². The fraction of sp³-hybridized carbons (Fsp3) is 0.160. The number of aromatic nitrogens is 3. The molecule has 0 aliphatic heterocycles. The highest BCUT2D eigenvalue weighted by Crippen LogP contribution is 2.26. The monoisotopic (exact) mass is 395 g/mol. The molecule has 0 saturated heterocycles. The molecule has 3 aromatic carbocycles. The molecular formula is C25H25N5. The van der Waals surface area contributed by atoms with E-state index in [4.69, 9.17) is 0 Å². The van der Waals surface area contributed by atoms with E-state index in [1.807, 2.05) is 49.4 Å². The minimum Gasteiger partial charge on any atom is -0.343 e. The van der Waals surface area contributed by atoms with Crippen molar-refractivity contribution in [1.29, 1.82) is 0 Å². The minimum absolute atomic E-state index is 0.0665. The van der Waals surface area contributed by atoms with Crippen molar-refractivity contribution in [3.05, 3.63) is 107 Å². The van der Waals surface area contributed by atoms with Gasteiger partial charge in [0, 0.05) is 5.69 Å². The Morgan fingerprint density at radius 2 is 1.27 bits per heavy atom. The van der Waals surface area contributed by atoms with E-state index in [9.17, 15) is 0 Å². The molecule has 150 valence electrons. The van der Waals surface area contributed by atoms with Gasteiger partial charge >= 0.3 is 0 Å². The SMILES string of the molecule is Cc1ccc(Nc2nc(C)nc(NC(c3ccccc3)c3ccccc3)n2)c(C)c1. The molecule has 0 atom stereocenters. The van der Waals surface area contributed by atoms with Gasteiger partial charge in [-0.05, 0) is 43.5 Å². The second-order valence-corrected chi connectivity index (χ2v) is 7.37. The van der Waals surface area contributed by atoms with Crippen LogP contribution in [0.2, 0.25) is 0 Å². The molecule has 0 aliphatic rings. The van der Waals surface area contributed by atoms with Gasteiger partial charge in [-0.25, -0.2) is 0 Å². The number of hydrogen-bond acceptors (Lipinski definition) is 5. The first-order valence-electron chi connectivity index (χ1n) is 10.0. The number of benzene rings is 3. The van der Waals surface area contributed by atoms with Gasteiger partial charge in [0.1, 0.15) is 5.82 Å². The molecule has 0 bridgehead atoms. The second-order valence-electron chi connectivity index (χ2n) is 7.37. The van der Waals surface area contributed by atoms with E-state index < -0.39 is 0 Å². The zero-order valence-electron chi connectivity index (χ0n) is 17.4. The molecule has 5 nitrogen and oxygen atoms in total. The predicted octanol–water partition coefficient (Wildman–Crippen LogP) is 5.74. The maximum atomic E-state index is 4.64. The molecule has 2 N–H and O–H groups in total. The number of rotatable bonds is 6. The molecule has 0 amide bonds. The Bertz CT molecular complexity index is 1090. The highest BCUT2D eigenvalue weighted by molar-refractivity contribution is 5.59. The van der Waals surface area contributed by atoms with Crippen molar-refractivity contribution in [2.45, 2.75) is 26.8 Å². The molecule has 1 heterocycles. The van der Waals surface area contributed by atoms with E-state index in [1.165, 1.54) is 5.56 Å². The van der Waals surface area contributed by atoms with Crippen LogP contribution in [0.5, 0.6) is 0 Å². The lowest BCUT2D eigenvalue weighted by atomic mass is 9.99. The van der Waals surface area contributed by atoms with Gasteiger partial charge in [0.25, 0.3) is 0 Å². The zero-order valence-corrected chi connectivity index (χ0v) is 17.4. The highest BCUT2D eigenvalue weighted by atomic mass is 15.2. The van der Waals surface area contributed by atoms with Crippen LogP contribution in [0.4, 0.5) is 17.6 Å². The van der Waals surface area contributed by atoms with Crippen molar-refractivity contribution in [3.63, 3.8) is 0 Å². The lowest BCUT2D eigenvalue weighted by molar-refractivity contribution is 0.885. The number of nitrogens with one attached hydrogen (secondary N) is 2. The molecule has 0 fully saturated rings. The topological polar surface area (TPSA) is 62.7 Å². The van der Waals surface area contributed by atoms with E-state index in [-0.39, 0.29) is 6.04 Å². The summed E-state index contributed by atoms with van der Waals surface area (Å²) in [5.41, 5.74) is 5.64. The molecule has 30 heavy (non-hydrogen) atoms. The van der Waals surface area contributed by atoms with Crippen molar-refractivity contribution in [2.24, 2.45) is 0 Å². The summed E-state index contributed by atoms with van der Waals surface area (Å²) in [5.74, 6) is 1.71. The van der Waals surface area contributed by atoms with E-state index >= 15 is 0 Å². The summed E-state index contributed by atoms with van der Waals surface area (Å²) in [6.07, 6.45) is 0. The van der Waals surface area contributed by atoms with Crippen LogP contribution in [0.15, 0.2) is 78.9 Å². The third-order valence-corrected chi connectivity index (χ3v) is 4.91. The first-order valence-corrected chi connectivity index (χ1v) is 10.0. The van der Waals surface area contributed by atoms with Gasteiger partial charge in [-0.1, -0.05) is 78.4 Å². The van der Waals surface area contributed by atoms with Crippen LogP contribution in [-0.2, 0) is 0 Å². The molecular weight excluding hydrogens is 370 g/mol. The van der Waals surface area contributed by atoms with Crippen molar-refractivity contribution < 1.29 is 0 Å². The predicted molar refractivity (Wildman–Crippen MR) is 122 cm³/mol. The Kier molecular flexibility index (Phi) is 5.70. The van der Waals surface area contributed by atoms with Crippen molar-refractivity contribution in [1.82, 2.24) is 15.0 Å². The molecule has 4 rings (SSSR count). The minimum atomic E-state index is -0.0665. The lowest BCUT2D eigenvalue weighted by Gasteiger charge is -2.20. The molecule has 0 unspecified atom stereocenters. The fourth-order valence-electron chi connectivity index (χ4n) is 3.46. The molecule has 5 heteroatoms. The average Bonchev–Trinajstić information content (AvgIpc) is 2.75. The zero-order chi connectivity index (χ0) is 20.9. The van der Waals surface area contributed by atoms with Crippen LogP contribution in [0.3, 0.4) is 0 Å². The smallest absolute Gasteiger partial charge is 0.232 e. The summed E-state index contributed by atoms with van der Waals surface area (Å²) < 4.78 is 0. The third-order valence-electron chi connectivity index (χ3n) is 4.91. The lowest BCUT2D eigenvalue weighted by Crippen LogP contribution is -2.16. The van der Waals surface area contributed by atoms with E-state index in [1.54, 1.807) is 0 Å². The molecule has 0 spiro atoms. The molecule has 1 aromatic heterocycles. The number of anilines is 3. The van der Waals surface area contributed by atoms with Crippen molar-refractivity contribution in [3.8, 4) is 0 Å². The van der Waals surface area contributed by atoms with Gasteiger partial charge in [-0.2, -0.15) is 15.0 Å². The third kappa shape index (κ3) is 4.63. The summed E-state index contributed by atoms with van der Waals surface area (Å²) >= 11 is 0. The van der Waals surface area contributed by atoms with Gasteiger partial charge in [0.2, 0.25) is 11.9 Å². The number of hydrogen-bond donors (Lipinski definition) is 2. The van der Waals surface area contributed by atoms with Crippen LogP contribution in [-0.4, -0.2) is 15.0 Å². The molecule has 0 aliphatic carbocycles. The van der Waals surface area contributed by atoms with Crippen LogP contribution in [0.1, 0.15) is 34.1 Å². The van der Waals surface area contributed by atoms with Crippen LogP contribution in [0, 0.1) is 20.8 Å². The Balaban J connectivity index is 1.65. The summed E-state index contributed by atoms with van der Waals surface area (Å²) in [5, 5.41) is 6.83. The quantitative estimate of drug-likeness (QED) is 0.436. The summed E-state index contributed by atoms with van der Waals surface area (Å²) in [7, 11) is 0. The Morgan fingerprint density at radius 3 is 1.87 bits per heavy atom. The van der Waals surface area contributed by atoms with Gasteiger partial charge in [-0.3, -0.25) is 0 Å². The first kappa shape index (κ1) is 19.6. The maximum Gasteiger partial charge on any atom is 0.232 e. The standard InChI is InChI=1S/C25H25N5/c1-17-14-15-22(18(2)16-17)28-24-26-19(3)27-25(30-24)29-23(20-10-6-4-7-11-20)21-12-8-5-9-13-21/h4-16,23H,1-3H3,(H2,26,27,28,29,30). The first-order chi connectivity index (χ1) is 14.6. The van der Waals surface area contributed by atoms with Crippen LogP contribution < -0.4 is 10.6 Å². The number of aryl methyl sites for hydroxylation is 3. The Hall–Kier alpha value is -3.73. The van der Waals surface area contributed by atoms with Crippen molar-refractivity contribution >= 4 is 17.6 Å². The summed E-state index contributed by atoms with van der Waals surface area (Å²) in [4.78, 5) is 13.6. The highest BCUT2D eigenvalue weighted by Gasteiger charge is 2.16. The second kappa shape index (κ2) is 8.74. The maximum absolute atomic E-state index is 4.64.